The van der Waals surface area contributed by atoms with E-state index in [1.54, 1.807) is 12.1 Å². The highest BCUT2D eigenvalue weighted by molar-refractivity contribution is 5.53. The summed E-state index contributed by atoms with van der Waals surface area (Å²) in [5, 5.41) is 3.15. The number of rotatable bonds is 7. The Bertz CT molecular complexity index is 699. The summed E-state index contributed by atoms with van der Waals surface area (Å²) in [6.45, 7) is 8.64. The molecule has 0 radical (unpaired) electrons. The summed E-state index contributed by atoms with van der Waals surface area (Å²) in [6, 6.07) is 6.85. The number of hydrogen-bond donors (Lipinski definition) is 1. The summed E-state index contributed by atoms with van der Waals surface area (Å²) in [4.78, 5) is 11.6. The van der Waals surface area contributed by atoms with Crippen molar-refractivity contribution in [2.75, 3.05) is 5.32 Å². The lowest BCUT2D eigenvalue weighted by atomic mass is 9.99. The van der Waals surface area contributed by atoms with Crippen LogP contribution in [0, 0.1) is 11.7 Å². The van der Waals surface area contributed by atoms with Crippen LogP contribution in [0.5, 0.6) is 0 Å². The van der Waals surface area contributed by atoms with Gasteiger partial charge < -0.3 is 5.32 Å². The van der Waals surface area contributed by atoms with Crippen molar-refractivity contribution in [1.82, 2.24) is 14.9 Å². The lowest BCUT2D eigenvalue weighted by Gasteiger charge is -2.28. The molecular weight excluding hydrogens is 315 g/mol. The second-order valence-corrected chi connectivity index (χ2v) is 7.27. The van der Waals surface area contributed by atoms with Gasteiger partial charge >= 0.3 is 0 Å². The molecule has 0 saturated carbocycles. The molecule has 2 aromatic rings. The fourth-order valence-corrected chi connectivity index (χ4v) is 3.49. The summed E-state index contributed by atoms with van der Waals surface area (Å²) < 4.78 is 13.0. The average Bonchev–Trinajstić information content (AvgIpc) is 2.99. The monoisotopic (exact) mass is 342 g/mol. The van der Waals surface area contributed by atoms with Crippen molar-refractivity contribution in [3.8, 4) is 0 Å². The molecular formula is C20H27FN4. The first-order chi connectivity index (χ1) is 12.0. The lowest BCUT2D eigenvalue weighted by Crippen LogP contribution is -2.31. The van der Waals surface area contributed by atoms with E-state index in [2.05, 4.69) is 41.0 Å². The van der Waals surface area contributed by atoms with Crippen molar-refractivity contribution in [2.45, 2.75) is 59.2 Å². The predicted molar refractivity (Wildman–Crippen MR) is 99.1 cm³/mol. The van der Waals surface area contributed by atoms with Crippen molar-refractivity contribution >= 4 is 11.6 Å². The normalized spacial score (nSPS) is 15.4. The molecule has 0 spiro atoms. The number of hydrogen-bond acceptors (Lipinski definition) is 4. The largest absolute Gasteiger partial charge is 0.324 e. The van der Waals surface area contributed by atoms with Crippen LogP contribution in [0.4, 0.5) is 16.0 Å². The van der Waals surface area contributed by atoms with E-state index in [4.69, 9.17) is 0 Å². The molecule has 1 aliphatic rings. The van der Waals surface area contributed by atoms with Crippen LogP contribution < -0.4 is 5.32 Å². The van der Waals surface area contributed by atoms with Gasteiger partial charge in [-0.25, -0.2) is 14.4 Å². The Labute approximate surface area is 149 Å². The van der Waals surface area contributed by atoms with Gasteiger partial charge in [-0.1, -0.05) is 27.2 Å². The van der Waals surface area contributed by atoms with E-state index in [0.29, 0.717) is 17.9 Å². The molecule has 0 fully saturated rings. The van der Waals surface area contributed by atoms with Gasteiger partial charge in [0, 0.05) is 36.6 Å². The molecule has 25 heavy (non-hydrogen) atoms. The van der Waals surface area contributed by atoms with E-state index in [1.807, 2.05) is 6.20 Å². The number of anilines is 2. The van der Waals surface area contributed by atoms with E-state index in [1.165, 1.54) is 37.0 Å². The SMILES string of the molecule is CCC[C@H](CC(C)C)N1Cc2cnc(Nc3ccc(F)cc3)nc2C1. The first-order valence-corrected chi connectivity index (χ1v) is 9.16. The number of nitrogens with zero attached hydrogens (tertiary/aromatic N) is 3. The Balaban J connectivity index is 1.70. The van der Waals surface area contributed by atoms with Gasteiger partial charge in [-0.2, -0.15) is 0 Å². The van der Waals surface area contributed by atoms with Gasteiger partial charge in [-0.3, -0.25) is 4.90 Å². The number of fused-ring (bicyclic) bond motifs is 1. The van der Waals surface area contributed by atoms with Crippen LogP contribution in [0.1, 0.15) is 51.3 Å². The summed E-state index contributed by atoms with van der Waals surface area (Å²) in [5.74, 6) is 1.02. The molecule has 1 atom stereocenters. The van der Waals surface area contributed by atoms with Crippen LogP contribution in [-0.4, -0.2) is 20.9 Å². The second-order valence-electron chi connectivity index (χ2n) is 7.27. The molecule has 2 heterocycles. The van der Waals surface area contributed by atoms with Crippen LogP contribution in [0.3, 0.4) is 0 Å². The molecule has 0 unspecified atom stereocenters. The van der Waals surface area contributed by atoms with Gasteiger partial charge in [-0.05, 0) is 43.0 Å². The highest BCUT2D eigenvalue weighted by atomic mass is 19.1. The Morgan fingerprint density at radius 3 is 2.64 bits per heavy atom. The van der Waals surface area contributed by atoms with Crippen LogP contribution >= 0.6 is 0 Å². The van der Waals surface area contributed by atoms with E-state index >= 15 is 0 Å². The Morgan fingerprint density at radius 1 is 1.20 bits per heavy atom. The molecule has 0 aliphatic carbocycles. The van der Waals surface area contributed by atoms with Gasteiger partial charge in [0.15, 0.2) is 0 Å². The van der Waals surface area contributed by atoms with Gasteiger partial charge in [-0.15, -0.1) is 0 Å². The lowest BCUT2D eigenvalue weighted by molar-refractivity contribution is 0.163. The molecule has 1 aliphatic heterocycles. The zero-order chi connectivity index (χ0) is 17.8. The molecule has 1 aromatic heterocycles. The van der Waals surface area contributed by atoms with E-state index in [9.17, 15) is 4.39 Å². The van der Waals surface area contributed by atoms with E-state index in [0.717, 1.165) is 24.5 Å². The van der Waals surface area contributed by atoms with Crippen LogP contribution in [0.15, 0.2) is 30.5 Å². The maximum absolute atomic E-state index is 13.0. The van der Waals surface area contributed by atoms with Crippen LogP contribution in [0.2, 0.25) is 0 Å². The molecule has 0 bridgehead atoms. The van der Waals surface area contributed by atoms with Crippen molar-refractivity contribution in [3.05, 3.63) is 47.5 Å². The minimum Gasteiger partial charge on any atom is -0.324 e. The standard InChI is InChI=1S/C20H27FN4/c1-4-5-18(10-14(2)3)25-12-15-11-22-20(24-19(15)13-25)23-17-8-6-16(21)7-9-17/h6-9,11,14,18H,4-5,10,12-13H2,1-3H3,(H,22,23,24)/t18-/m1/s1. The van der Waals surface area contributed by atoms with Gasteiger partial charge in [0.05, 0.1) is 5.69 Å². The zero-order valence-corrected chi connectivity index (χ0v) is 15.3. The smallest absolute Gasteiger partial charge is 0.227 e. The third kappa shape index (κ3) is 4.54. The summed E-state index contributed by atoms with van der Waals surface area (Å²) in [7, 11) is 0. The maximum Gasteiger partial charge on any atom is 0.227 e. The highest BCUT2D eigenvalue weighted by Gasteiger charge is 2.27. The maximum atomic E-state index is 13.0. The summed E-state index contributed by atoms with van der Waals surface area (Å²) in [6.07, 6.45) is 5.57. The van der Waals surface area contributed by atoms with E-state index < -0.39 is 0 Å². The van der Waals surface area contributed by atoms with Crippen molar-refractivity contribution in [2.24, 2.45) is 5.92 Å². The third-order valence-electron chi connectivity index (χ3n) is 4.66. The third-order valence-corrected chi connectivity index (χ3v) is 4.66. The number of benzene rings is 1. The predicted octanol–water partition coefficient (Wildman–Crippen LogP) is 4.89. The summed E-state index contributed by atoms with van der Waals surface area (Å²) in [5.41, 5.74) is 3.11. The van der Waals surface area contributed by atoms with Crippen LogP contribution in [0.25, 0.3) is 0 Å². The summed E-state index contributed by atoms with van der Waals surface area (Å²) >= 11 is 0. The highest BCUT2D eigenvalue weighted by Crippen LogP contribution is 2.28. The first-order valence-electron chi connectivity index (χ1n) is 9.16. The fourth-order valence-electron chi connectivity index (χ4n) is 3.49. The van der Waals surface area contributed by atoms with Gasteiger partial charge in [0.2, 0.25) is 5.95 Å². The molecule has 4 nitrogen and oxygen atoms in total. The first kappa shape index (κ1) is 17.8. The molecule has 1 N–H and O–H groups in total. The number of nitrogens with one attached hydrogen (secondary N) is 1. The second kappa shape index (κ2) is 7.91. The topological polar surface area (TPSA) is 41.1 Å². The fraction of sp³-hybridized carbons (Fsp3) is 0.500. The Hall–Kier alpha value is -2.01. The quantitative estimate of drug-likeness (QED) is 0.778. The minimum absolute atomic E-state index is 0.247. The number of halogens is 1. The molecule has 0 saturated heterocycles. The molecule has 1 aromatic carbocycles. The van der Waals surface area contributed by atoms with Crippen molar-refractivity contribution in [3.63, 3.8) is 0 Å². The number of aromatic nitrogens is 2. The van der Waals surface area contributed by atoms with Gasteiger partial charge in [0.1, 0.15) is 5.82 Å². The van der Waals surface area contributed by atoms with Crippen molar-refractivity contribution in [1.29, 1.82) is 0 Å². The molecule has 3 rings (SSSR count). The van der Waals surface area contributed by atoms with E-state index in [-0.39, 0.29) is 5.82 Å². The molecule has 134 valence electrons. The van der Waals surface area contributed by atoms with Crippen LogP contribution in [-0.2, 0) is 13.1 Å². The molecule has 0 amide bonds. The molecule has 5 heteroatoms. The van der Waals surface area contributed by atoms with Gasteiger partial charge in [0.25, 0.3) is 0 Å². The minimum atomic E-state index is -0.247. The zero-order valence-electron chi connectivity index (χ0n) is 15.3. The Morgan fingerprint density at radius 2 is 1.96 bits per heavy atom. The average molecular weight is 342 g/mol. The Kier molecular flexibility index (Phi) is 5.63. The van der Waals surface area contributed by atoms with Crippen molar-refractivity contribution < 1.29 is 4.39 Å².